The van der Waals surface area contributed by atoms with Crippen molar-refractivity contribution < 1.29 is 14.8 Å². The quantitative estimate of drug-likeness (QED) is 0.657. The van der Waals surface area contributed by atoms with E-state index in [1.54, 1.807) is 6.92 Å². The zero-order chi connectivity index (χ0) is 14.9. The van der Waals surface area contributed by atoms with Crippen LogP contribution in [0.25, 0.3) is 0 Å². The average Bonchev–Trinajstić information content (AvgIpc) is 2.81. The van der Waals surface area contributed by atoms with E-state index in [0.717, 1.165) is 17.7 Å². The molecule has 0 spiro atoms. The number of carboxylic acid groups (broad SMARTS) is 1. The number of carboxylic acids is 1. The molecule has 0 aliphatic heterocycles. The summed E-state index contributed by atoms with van der Waals surface area (Å²) in [5.41, 5.74) is 1.32. The Hall–Kier alpha value is -1.82. The fourth-order valence-electron chi connectivity index (χ4n) is 2.52. The van der Waals surface area contributed by atoms with Crippen molar-refractivity contribution in [1.82, 2.24) is 0 Å². The smallest absolute Gasteiger partial charge is 0.306 e. The highest BCUT2D eigenvalue weighted by molar-refractivity contribution is 6.33. The van der Waals surface area contributed by atoms with Gasteiger partial charge in [0.25, 0.3) is 5.69 Å². The SMILES string of the molecule is Cc1cc([N+](=O)[O-])c(Cl)cc1NC1CCC(C(=O)O)C1. The molecule has 7 heteroatoms. The highest BCUT2D eigenvalue weighted by atomic mass is 35.5. The molecule has 1 aromatic rings. The lowest BCUT2D eigenvalue weighted by Gasteiger charge is -2.16. The minimum Gasteiger partial charge on any atom is -0.481 e. The van der Waals surface area contributed by atoms with Gasteiger partial charge < -0.3 is 10.4 Å². The Kier molecular flexibility index (Phi) is 4.13. The standard InChI is InChI=1S/C13H15ClN2O4/c1-7-4-12(16(19)20)10(14)6-11(7)15-9-3-2-8(5-9)13(17)18/h4,6,8-9,15H,2-3,5H2,1H3,(H,17,18). The number of hydrogen-bond acceptors (Lipinski definition) is 4. The third kappa shape index (κ3) is 3.01. The van der Waals surface area contributed by atoms with Gasteiger partial charge in [0, 0.05) is 17.8 Å². The number of carbonyl (C=O) groups is 1. The van der Waals surface area contributed by atoms with Crippen molar-refractivity contribution in [3.05, 3.63) is 32.8 Å². The summed E-state index contributed by atoms with van der Waals surface area (Å²) in [5, 5.41) is 23.1. The second-order valence-corrected chi connectivity index (χ2v) is 5.47. The van der Waals surface area contributed by atoms with Gasteiger partial charge in [-0.2, -0.15) is 0 Å². The highest BCUT2D eigenvalue weighted by Crippen LogP contribution is 2.33. The number of rotatable bonds is 4. The average molecular weight is 299 g/mol. The molecule has 20 heavy (non-hydrogen) atoms. The van der Waals surface area contributed by atoms with E-state index in [4.69, 9.17) is 16.7 Å². The monoisotopic (exact) mass is 298 g/mol. The zero-order valence-corrected chi connectivity index (χ0v) is 11.7. The second-order valence-electron chi connectivity index (χ2n) is 5.07. The summed E-state index contributed by atoms with van der Waals surface area (Å²) in [4.78, 5) is 21.2. The van der Waals surface area contributed by atoms with Crippen LogP contribution < -0.4 is 5.32 Å². The molecule has 2 unspecified atom stereocenters. The topological polar surface area (TPSA) is 92.5 Å². The molecular formula is C13H15ClN2O4. The van der Waals surface area contributed by atoms with Gasteiger partial charge in [-0.05, 0) is 37.8 Å². The number of aryl methyl sites for hydroxylation is 1. The van der Waals surface area contributed by atoms with Crippen molar-refractivity contribution in [1.29, 1.82) is 0 Å². The summed E-state index contributed by atoms with van der Waals surface area (Å²) in [7, 11) is 0. The van der Waals surface area contributed by atoms with Gasteiger partial charge in [0.1, 0.15) is 5.02 Å². The Morgan fingerprint density at radius 1 is 1.50 bits per heavy atom. The predicted octanol–water partition coefficient (Wildman–Crippen LogP) is 3.22. The molecule has 2 rings (SSSR count). The van der Waals surface area contributed by atoms with Gasteiger partial charge in [0.15, 0.2) is 0 Å². The number of hydrogen-bond donors (Lipinski definition) is 2. The number of nitrogens with zero attached hydrogens (tertiary/aromatic N) is 1. The summed E-state index contributed by atoms with van der Waals surface area (Å²) in [6.07, 6.45) is 1.97. The van der Waals surface area contributed by atoms with Gasteiger partial charge in [0.2, 0.25) is 0 Å². The van der Waals surface area contributed by atoms with Gasteiger partial charge in [-0.15, -0.1) is 0 Å². The van der Waals surface area contributed by atoms with Crippen LogP contribution in [0.2, 0.25) is 5.02 Å². The number of nitrogens with one attached hydrogen (secondary N) is 1. The first kappa shape index (κ1) is 14.6. The van der Waals surface area contributed by atoms with Crippen molar-refractivity contribution in [2.24, 2.45) is 5.92 Å². The molecular weight excluding hydrogens is 284 g/mol. The first-order chi connectivity index (χ1) is 9.38. The Morgan fingerprint density at radius 2 is 2.20 bits per heavy atom. The van der Waals surface area contributed by atoms with Gasteiger partial charge >= 0.3 is 5.97 Å². The van der Waals surface area contributed by atoms with Crippen molar-refractivity contribution >= 4 is 28.9 Å². The lowest BCUT2D eigenvalue weighted by Crippen LogP contribution is -2.18. The number of nitro groups is 1. The van der Waals surface area contributed by atoms with Crippen molar-refractivity contribution in [2.75, 3.05) is 5.32 Å². The molecule has 6 nitrogen and oxygen atoms in total. The second kappa shape index (κ2) is 5.66. The molecule has 0 amide bonds. The maximum absolute atomic E-state index is 10.9. The fourth-order valence-corrected chi connectivity index (χ4v) is 2.75. The minimum absolute atomic E-state index is 0.0623. The minimum atomic E-state index is -0.771. The molecule has 1 aliphatic rings. The highest BCUT2D eigenvalue weighted by Gasteiger charge is 2.30. The molecule has 2 atom stereocenters. The molecule has 1 aliphatic carbocycles. The summed E-state index contributed by atoms with van der Waals surface area (Å²) in [6, 6.07) is 3.02. The van der Waals surface area contributed by atoms with E-state index >= 15 is 0 Å². The van der Waals surface area contributed by atoms with Crippen LogP contribution in [-0.2, 0) is 4.79 Å². The van der Waals surface area contributed by atoms with Crippen molar-refractivity contribution in [3.63, 3.8) is 0 Å². The van der Waals surface area contributed by atoms with Gasteiger partial charge in [-0.25, -0.2) is 0 Å². The molecule has 0 radical (unpaired) electrons. The first-order valence-electron chi connectivity index (χ1n) is 6.32. The van der Waals surface area contributed by atoms with Gasteiger partial charge in [0.05, 0.1) is 10.8 Å². The van der Waals surface area contributed by atoms with E-state index in [2.05, 4.69) is 5.32 Å². The Morgan fingerprint density at radius 3 is 2.75 bits per heavy atom. The largest absolute Gasteiger partial charge is 0.481 e. The maximum atomic E-state index is 10.9. The molecule has 1 saturated carbocycles. The van der Waals surface area contributed by atoms with Crippen LogP contribution >= 0.6 is 11.6 Å². The molecule has 2 N–H and O–H groups in total. The third-order valence-electron chi connectivity index (χ3n) is 3.63. The summed E-state index contributed by atoms with van der Waals surface area (Å²) in [6.45, 7) is 1.76. The number of halogens is 1. The predicted molar refractivity (Wildman–Crippen MR) is 75.2 cm³/mol. The lowest BCUT2D eigenvalue weighted by molar-refractivity contribution is -0.384. The molecule has 108 valence electrons. The maximum Gasteiger partial charge on any atom is 0.306 e. The molecule has 0 heterocycles. The molecule has 0 bridgehead atoms. The van der Waals surface area contributed by atoms with E-state index in [1.807, 2.05) is 0 Å². The Bertz CT molecular complexity index is 562. The Labute approximate surface area is 120 Å². The van der Waals surface area contributed by atoms with Crippen LogP contribution in [0.3, 0.4) is 0 Å². The number of aliphatic carboxylic acids is 1. The molecule has 1 fully saturated rings. The summed E-state index contributed by atoms with van der Waals surface area (Å²) < 4.78 is 0. The van der Waals surface area contributed by atoms with E-state index in [9.17, 15) is 14.9 Å². The Balaban J connectivity index is 2.13. The number of benzene rings is 1. The number of anilines is 1. The van der Waals surface area contributed by atoms with E-state index < -0.39 is 10.9 Å². The molecule has 0 saturated heterocycles. The molecule has 0 aromatic heterocycles. The van der Waals surface area contributed by atoms with Crippen molar-refractivity contribution in [2.45, 2.75) is 32.2 Å². The van der Waals surface area contributed by atoms with Gasteiger partial charge in [-0.1, -0.05) is 11.6 Å². The van der Waals surface area contributed by atoms with E-state index in [0.29, 0.717) is 12.8 Å². The van der Waals surface area contributed by atoms with Crippen LogP contribution in [0.4, 0.5) is 11.4 Å². The summed E-state index contributed by atoms with van der Waals surface area (Å²) in [5.74, 6) is -1.09. The fraction of sp³-hybridized carbons (Fsp3) is 0.462. The van der Waals surface area contributed by atoms with E-state index in [-0.39, 0.29) is 22.7 Å². The van der Waals surface area contributed by atoms with Crippen LogP contribution in [0.5, 0.6) is 0 Å². The third-order valence-corrected chi connectivity index (χ3v) is 3.93. The van der Waals surface area contributed by atoms with Gasteiger partial charge in [-0.3, -0.25) is 14.9 Å². The van der Waals surface area contributed by atoms with Crippen LogP contribution in [0.1, 0.15) is 24.8 Å². The normalized spacial score (nSPS) is 21.7. The van der Waals surface area contributed by atoms with Crippen LogP contribution in [-0.4, -0.2) is 22.0 Å². The van der Waals surface area contributed by atoms with Crippen LogP contribution in [0.15, 0.2) is 12.1 Å². The number of nitro benzene ring substituents is 1. The van der Waals surface area contributed by atoms with E-state index in [1.165, 1.54) is 12.1 Å². The molecule has 1 aromatic carbocycles. The lowest BCUT2D eigenvalue weighted by atomic mass is 10.1. The zero-order valence-electron chi connectivity index (χ0n) is 10.9. The summed E-state index contributed by atoms with van der Waals surface area (Å²) >= 11 is 5.89. The van der Waals surface area contributed by atoms with Crippen molar-refractivity contribution in [3.8, 4) is 0 Å². The first-order valence-corrected chi connectivity index (χ1v) is 6.70. The van der Waals surface area contributed by atoms with Crippen LogP contribution in [0, 0.1) is 23.0 Å².